The summed E-state index contributed by atoms with van der Waals surface area (Å²) >= 11 is 1.58. The summed E-state index contributed by atoms with van der Waals surface area (Å²) in [5.41, 5.74) is 1.45. The molecule has 0 aliphatic carbocycles. The summed E-state index contributed by atoms with van der Waals surface area (Å²) in [7, 11) is 0. The molecule has 5 nitrogen and oxygen atoms in total. The lowest BCUT2D eigenvalue weighted by Crippen LogP contribution is -2.04. The molecule has 0 atom stereocenters. The molecule has 2 N–H and O–H groups in total. The maximum Gasteiger partial charge on any atom is 0.226 e. The molecule has 0 saturated heterocycles. The molecule has 0 aliphatic heterocycles. The first kappa shape index (κ1) is 13.3. The van der Waals surface area contributed by atoms with Crippen molar-refractivity contribution in [2.45, 2.75) is 6.92 Å². The lowest BCUT2D eigenvalue weighted by atomic mass is 10.2. The van der Waals surface area contributed by atoms with E-state index in [1.807, 2.05) is 30.5 Å². The van der Waals surface area contributed by atoms with Crippen molar-refractivity contribution >= 4 is 39.0 Å². The number of nitrogens with one attached hydrogen (secondary N) is 2. The number of nitriles is 1. The maximum atomic E-state index is 8.97. The highest BCUT2D eigenvalue weighted by molar-refractivity contribution is 7.16. The van der Waals surface area contributed by atoms with Crippen LogP contribution in [0.2, 0.25) is 0 Å². The van der Waals surface area contributed by atoms with Crippen molar-refractivity contribution in [2.24, 2.45) is 0 Å². The zero-order valence-corrected chi connectivity index (χ0v) is 12.2. The summed E-state index contributed by atoms with van der Waals surface area (Å²) in [5, 5.41) is 18.3. The van der Waals surface area contributed by atoms with Gasteiger partial charge in [0.1, 0.15) is 10.6 Å². The van der Waals surface area contributed by atoms with Gasteiger partial charge >= 0.3 is 0 Å². The van der Waals surface area contributed by atoms with Gasteiger partial charge in [0.15, 0.2) is 0 Å². The van der Waals surface area contributed by atoms with Crippen LogP contribution in [0.15, 0.2) is 35.7 Å². The van der Waals surface area contributed by atoms with Crippen LogP contribution in [0.4, 0.5) is 17.5 Å². The van der Waals surface area contributed by atoms with Crippen molar-refractivity contribution in [3.63, 3.8) is 0 Å². The molecule has 21 heavy (non-hydrogen) atoms. The number of fused-ring (bicyclic) bond motifs is 1. The molecule has 0 saturated carbocycles. The number of benzene rings is 1. The standard InChI is InChI=1S/C15H13N5S/c1-2-17-15-19-13(12-6-7-21-14(12)20-15)18-11-5-3-4-10(8-11)9-16/h3-8H,2H2,1H3,(H2,17,18,19,20). The SMILES string of the molecule is CCNc1nc(Nc2cccc(C#N)c2)c2ccsc2n1. The molecule has 0 spiro atoms. The third-order valence-electron chi connectivity index (χ3n) is 2.91. The van der Waals surface area contributed by atoms with Crippen LogP contribution in [0.5, 0.6) is 0 Å². The van der Waals surface area contributed by atoms with Crippen molar-refractivity contribution < 1.29 is 0 Å². The quantitative estimate of drug-likeness (QED) is 0.767. The fraction of sp³-hybridized carbons (Fsp3) is 0.133. The summed E-state index contributed by atoms with van der Waals surface area (Å²) in [6, 6.07) is 11.5. The van der Waals surface area contributed by atoms with E-state index >= 15 is 0 Å². The van der Waals surface area contributed by atoms with E-state index in [2.05, 4.69) is 26.7 Å². The lowest BCUT2D eigenvalue weighted by Gasteiger charge is -2.09. The van der Waals surface area contributed by atoms with Gasteiger partial charge in [-0.1, -0.05) is 6.07 Å². The third-order valence-corrected chi connectivity index (χ3v) is 3.72. The molecule has 3 aromatic rings. The molecule has 1 aromatic carbocycles. The van der Waals surface area contributed by atoms with E-state index in [-0.39, 0.29) is 0 Å². The monoisotopic (exact) mass is 295 g/mol. The van der Waals surface area contributed by atoms with E-state index in [9.17, 15) is 0 Å². The van der Waals surface area contributed by atoms with Crippen LogP contribution in [-0.2, 0) is 0 Å². The van der Waals surface area contributed by atoms with E-state index in [1.54, 1.807) is 23.5 Å². The van der Waals surface area contributed by atoms with Crippen molar-refractivity contribution in [2.75, 3.05) is 17.2 Å². The predicted molar refractivity (Wildman–Crippen MR) is 86.0 cm³/mol. The molecule has 3 rings (SSSR count). The minimum absolute atomic E-state index is 0.603. The Labute approximate surface area is 126 Å². The van der Waals surface area contributed by atoms with Crippen molar-refractivity contribution in [3.05, 3.63) is 41.3 Å². The number of nitrogens with zero attached hydrogens (tertiary/aromatic N) is 3. The summed E-state index contributed by atoms with van der Waals surface area (Å²) in [6.07, 6.45) is 0. The van der Waals surface area contributed by atoms with E-state index < -0.39 is 0 Å². The van der Waals surface area contributed by atoms with Crippen molar-refractivity contribution in [3.8, 4) is 6.07 Å². The Hall–Kier alpha value is -2.65. The molecule has 0 fully saturated rings. The number of hydrogen-bond donors (Lipinski definition) is 2. The first-order chi connectivity index (χ1) is 10.3. The van der Waals surface area contributed by atoms with E-state index in [4.69, 9.17) is 5.26 Å². The largest absolute Gasteiger partial charge is 0.354 e. The molecule has 2 aromatic heterocycles. The highest BCUT2D eigenvalue weighted by atomic mass is 32.1. The Bertz CT molecular complexity index is 818. The maximum absolute atomic E-state index is 8.97. The molecular formula is C15H13N5S. The Balaban J connectivity index is 2.02. The highest BCUT2D eigenvalue weighted by Crippen LogP contribution is 2.28. The van der Waals surface area contributed by atoms with Crippen LogP contribution in [0.3, 0.4) is 0 Å². The van der Waals surface area contributed by atoms with Crippen molar-refractivity contribution in [1.29, 1.82) is 5.26 Å². The van der Waals surface area contributed by atoms with Gasteiger partial charge in [0.05, 0.1) is 17.0 Å². The first-order valence-electron chi connectivity index (χ1n) is 6.56. The number of aromatic nitrogens is 2. The van der Waals surface area contributed by atoms with Crippen LogP contribution >= 0.6 is 11.3 Å². The molecular weight excluding hydrogens is 282 g/mol. The van der Waals surface area contributed by atoms with Crippen LogP contribution in [0.1, 0.15) is 12.5 Å². The third kappa shape index (κ3) is 2.78. The average molecular weight is 295 g/mol. The fourth-order valence-corrected chi connectivity index (χ4v) is 2.75. The fourth-order valence-electron chi connectivity index (χ4n) is 1.99. The molecule has 0 amide bonds. The number of hydrogen-bond acceptors (Lipinski definition) is 6. The molecule has 2 heterocycles. The normalized spacial score (nSPS) is 10.3. The van der Waals surface area contributed by atoms with Gasteiger partial charge in [-0.3, -0.25) is 0 Å². The van der Waals surface area contributed by atoms with Gasteiger partial charge in [-0.05, 0) is 36.6 Å². The topological polar surface area (TPSA) is 73.6 Å². The van der Waals surface area contributed by atoms with Crippen LogP contribution < -0.4 is 10.6 Å². The molecule has 104 valence electrons. The summed E-state index contributed by atoms with van der Waals surface area (Å²) in [5.74, 6) is 1.35. The molecule has 0 radical (unpaired) electrons. The molecule has 0 unspecified atom stereocenters. The van der Waals surface area contributed by atoms with E-state index in [0.29, 0.717) is 11.5 Å². The second-order valence-corrected chi connectivity index (χ2v) is 5.28. The van der Waals surface area contributed by atoms with Gasteiger partial charge in [-0.2, -0.15) is 10.2 Å². The minimum Gasteiger partial charge on any atom is -0.354 e. The smallest absolute Gasteiger partial charge is 0.226 e. The predicted octanol–water partition coefficient (Wildman–Crippen LogP) is 3.74. The van der Waals surface area contributed by atoms with Crippen LogP contribution in [0.25, 0.3) is 10.2 Å². The zero-order valence-electron chi connectivity index (χ0n) is 11.4. The molecule has 6 heteroatoms. The Kier molecular flexibility index (Phi) is 3.67. The van der Waals surface area contributed by atoms with Gasteiger partial charge in [-0.15, -0.1) is 11.3 Å². The van der Waals surface area contributed by atoms with E-state index in [1.165, 1.54) is 0 Å². The first-order valence-corrected chi connectivity index (χ1v) is 7.44. The summed E-state index contributed by atoms with van der Waals surface area (Å²) < 4.78 is 0. The second kappa shape index (κ2) is 5.77. The molecule has 0 bridgehead atoms. The Morgan fingerprint density at radius 1 is 1.29 bits per heavy atom. The van der Waals surface area contributed by atoms with Gasteiger partial charge in [0.25, 0.3) is 0 Å². The van der Waals surface area contributed by atoms with Crippen LogP contribution in [-0.4, -0.2) is 16.5 Å². The zero-order chi connectivity index (χ0) is 14.7. The number of thiophene rings is 1. The highest BCUT2D eigenvalue weighted by Gasteiger charge is 2.09. The second-order valence-electron chi connectivity index (χ2n) is 4.38. The van der Waals surface area contributed by atoms with E-state index in [0.717, 1.165) is 28.3 Å². The van der Waals surface area contributed by atoms with Crippen molar-refractivity contribution in [1.82, 2.24) is 9.97 Å². The number of anilines is 3. The Morgan fingerprint density at radius 3 is 3.00 bits per heavy atom. The average Bonchev–Trinajstić information content (AvgIpc) is 2.96. The Morgan fingerprint density at radius 2 is 2.19 bits per heavy atom. The van der Waals surface area contributed by atoms with Gasteiger partial charge < -0.3 is 10.6 Å². The summed E-state index contributed by atoms with van der Waals surface area (Å²) in [6.45, 7) is 2.77. The molecule has 0 aliphatic rings. The number of rotatable bonds is 4. The van der Waals surface area contributed by atoms with Gasteiger partial charge in [0, 0.05) is 12.2 Å². The minimum atomic E-state index is 0.603. The van der Waals surface area contributed by atoms with Gasteiger partial charge in [-0.25, -0.2) is 4.98 Å². The van der Waals surface area contributed by atoms with Gasteiger partial charge in [0.2, 0.25) is 5.95 Å². The van der Waals surface area contributed by atoms with Crippen LogP contribution in [0, 0.1) is 11.3 Å². The summed E-state index contributed by atoms with van der Waals surface area (Å²) in [4.78, 5) is 9.90. The lowest BCUT2D eigenvalue weighted by molar-refractivity contribution is 1.11.